The summed E-state index contributed by atoms with van der Waals surface area (Å²) in [6, 6.07) is 8.02. The van der Waals surface area contributed by atoms with Crippen molar-refractivity contribution in [2.75, 3.05) is 51.3 Å². The topological polar surface area (TPSA) is 53.1 Å². The fourth-order valence-corrected chi connectivity index (χ4v) is 3.24. The lowest BCUT2D eigenvalue weighted by Gasteiger charge is -2.36. The number of rotatable bonds is 8. The number of hydrogen-bond donors (Lipinski definition) is 0. The molecule has 2 rings (SSSR count). The van der Waals surface area contributed by atoms with E-state index in [1.807, 2.05) is 17.0 Å². The first-order valence-electron chi connectivity index (χ1n) is 9.83. The van der Waals surface area contributed by atoms with Crippen LogP contribution in [0.2, 0.25) is 0 Å². The van der Waals surface area contributed by atoms with Gasteiger partial charge in [0.2, 0.25) is 11.8 Å². The van der Waals surface area contributed by atoms with Gasteiger partial charge in [0.15, 0.2) is 0 Å². The number of piperazine rings is 1. The number of nitrogens with zero attached hydrogens (tertiary/aromatic N) is 3. The van der Waals surface area contributed by atoms with Gasteiger partial charge in [-0.15, -0.1) is 0 Å². The maximum Gasteiger partial charge on any atom is 0.224 e. The predicted molar refractivity (Wildman–Crippen MR) is 108 cm³/mol. The highest BCUT2D eigenvalue weighted by Gasteiger charge is 2.22. The molecular weight excluding hydrogens is 342 g/mol. The SMILES string of the molecule is COc1ccc(N2CCN(C(=O)CCN(CCC(C)C)C(C)=O)CC2)cc1. The lowest BCUT2D eigenvalue weighted by molar-refractivity contribution is -0.133. The standard InChI is InChI=1S/C21H33N3O3/c1-17(2)9-11-22(18(3)25)12-10-21(26)24-15-13-23(14-16-24)19-5-7-20(27-4)8-6-19/h5-8,17H,9-16H2,1-4H3. The van der Waals surface area contributed by atoms with E-state index in [0.29, 0.717) is 18.9 Å². The Labute approximate surface area is 163 Å². The van der Waals surface area contributed by atoms with Crippen molar-refractivity contribution in [1.82, 2.24) is 9.80 Å². The molecule has 6 nitrogen and oxygen atoms in total. The number of ether oxygens (including phenoxy) is 1. The fourth-order valence-electron chi connectivity index (χ4n) is 3.24. The highest BCUT2D eigenvalue weighted by molar-refractivity contribution is 5.78. The molecule has 0 aliphatic carbocycles. The molecule has 1 fully saturated rings. The monoisotopic (exact) mass is 375 g/mol. The quantitative estimate of drug-likeness (QED) is 0.701. The van der Waals surface area contributed by atoms with Crippen LogP contribution in [-0.2, 0) is 9.59 Å². The minimum atomic E-state index is 0.0489. The van der Waals surface area contributed by atoms with Crippen LogP contribution in [0.25, 0.3) is 0 Å². The van der Waals surface area contributed by atoms with E-state index in [1.54, 1.807) is 18.9 Å². The third kappa shape index (κ3) is 6.45. The van der Waals surface area contributed by atoms with Gasteiger partial charge in [0.05, 0.1) is 7.11 Å². The molecule has 150 valence electrons. The molecule has 0 atom stereocenters. The summed E-state index contributed by atoms with van der Waals surface area (Å²) in [5.41, 5.74) is 1.15. The van der Waals surface area contributed by atoms with E-state index in [2.05, 4.69) is 30.9 Å². The highest BCUT2D eigenvalue weighted by Crippen LogP contribution is 2.20. The molecule has 1 saturated heterocycles. The van der Waals surface area contributed by atoms with Crippen molar-refractivity contribution in [1.29, 1.82) is 0 Å². The Morgan fingerprint density at radius 3 is 2.22 bits per heavy atom. The second-order valence-electron chi connectivity index (χ2n) is 7.50. The summed E-state index contributed by atoms with van der Waals surface area (Å²) in [6.07, 6.45) is 1.37. The fraction of sp³-hybridized carbons (Fsp3) is 0.619. The molecular formula is C21H33N3O3. The van der Waals surface area contributed by atoms with Gasteiger partial charge in [-0.2, -0.15) is 0 Å². The van der Waals surface area contributed by atoms with Crippen LogP contribution in [0.15, 0.2) is 24.3 Å². The molecule has 1 aliphatic heterocycles. The molecule has 0 radical (unpaired) electrons. The number of carbonyl (C=O) groups is 2. The van der Waals surface area contributed by atoms with Crippen molar-refractivity contribution < 1.29 is 14.3 Å². The van der Waals surface area contributed by atoms with Gasteiger partial charge in [-0.25, -0.2) is 0 Å². The van der Waals surface area contributed by atoms with Gasteiger partial charge in [0, 0.05) is 58.3 Å². The first kappa shape index (κ1) is 21.1. The molecule has 0 unspecified atom stereocenters. The molecule has 0 saturated carbocycles. The Kier molecular flexibility index (Phi) is 7.95. The Morgan fingerprint density at radius 1 is 1.07 bits per heavy atom. The van der Waals surface area contributed by atoms with Crippen molar-refractivity contribution in [3.63, 3.8) is 0 Å². The summed E-state index contributed by atoms with van der Waals surface area (Å²) in [5, 5.41) is 0. The van der Waals surface area contributed by atoms with Gasteiger partial charge in [0.1, 0.15) is 5.75 Å². The predicted octanol–water partition coefficient (Wildman–Crippen LogP) is 2.63. The van der Waals surface area contributed by atoms with Gasteiger partial charge in [-0.3, -0.25) is 9.59 Å². The number of methoxy groups -OCH3 is 1. The summed E-state index contributed by atoms with van der Waals surface area (Å²) < 4.78 is 5.20. The highest BCUT2D eigenvalue weighted by atomic mass is 16.5. The summed E-state index contributed by atoms with van der Waals surface area (Å²) in [7, 11) is 1.66. The summed E-state index contributed by atoms with van der Waals surface area (Å²) >= 11 is 0. The van der Waals surface area contributed by atoms with Crippen LogP contribution < -0.4 is 9.64 Å². The number of carbonyl (C=O) groups excluding carboxylic acids is 2. The molecule has 6 heteroatoms. The number of amides is 2. The summed E-state index contributed by atoms with van der Waals surface area (Å²) in [6.45, 7) is 10.2. The average Bonchev–Trinajstić information content (AvgIpc) is 2.67. The van der Waals surface area contributed by atoms with Crippen LogP contribution >= 0.6 is 0 Å². The van der Waals surface area contributed by atoms with Gasteiger partial charge in [-0.1, -0.05) is 13.8 Å². The average molecular weight is 376 g/mol. The van der Waals surface area contributed by atoms with E-state index in [0.717, 1.165) is 50.6 Å². The van der Waals surface area contributed by atoms with E-state index in [4.69, 9.17) is 4.74 Å². The van der Waals surface area contributed by atoms with E-state index in [-0.39, 0.29) is 11.8 Å². The van der Waals surface area contributed by atoms with Crippen LogP contribution in [0.4, 0.5) is 5.69 Å². The van der Waals surface area contributed by atoms with Crippen LogP contribution in [0.5, 0.6) is 5.75 Å². The second kappa shape index (κ2) is 10.2. The molecule has 27 heavy (non-hydrogen) atoms. The van der Waals surface area contributed by atoms with Crippen LogP contribution in [-0.4, -0.2) is 68.0 Å². The summed E-state index contributed by atoms with van der Waals surface area (Å²) in [5.74, 6) is 1.58. The zero-order valence-electron chi connectivity index (χ0n) is 17.1. The smallest absolute Gasteiger partial charge is 0.224 e. The van der Waals surface area contributed by atoms with E-state index < -0.39 is 0 Å². The third-order valence-corrected chi connectivity index (χ3v) is 5.09. The van der Waals surface area contributed by atoms with Crippen molar-refractivity contribution >= 4 is 17.5 Å². The van der Waals surface area contributed by atoms with Gasteiger partial charge >= 0.3 is 0 Å². The zero-order valence-corrected chi connectivity index (χ0v) is 17.1. The van der Waals surface area contributed by atoms with Crippen LogP contribution in [0.3, 0.4) is 0 Å². The molecule has 0 bridgehead atoms. The number of hydrogen-bond acceptors (Lipinski definition) is 4. The third-order valence-electron chi connectivity index (χ3n) is 5.09. The Morgan fingerprint density at radius 2 is 1.70 bits per heavy atom. The molecule has 1 aromatic rings. The minimum Gasteiger partial charge on any atom is -0.497 e. The molecule has 1 heterocycles. The van der Waals surface area contributed by atoms with Gasteiger partial charge < -0.3 is 19.4 Å². The van der Waals surface area contributed by atoms with Crippen molar-refractivity contribution in [2.24, 2.45) is 5.92 Å². The molecule has 1 aliphatic rings. The van der Waals surface area contributed by atoms with E-state index in [1.165, 1.54) is 0 Å². The lowest BCUT2D eigenvalue weighted by atomic mass is 10.1. The van der Waals surface area contributed by atoms with Gasteiger partial charge in [-0.05, 0) is 36.6 Å². The maximum atomic E-state index is 12.5. The minimum absolute atomic E-state index is 0.0489. The van der Waals surface area contributed by atoms with Crippen molar-refractivity contribution in [3.8, 4) is 5.75 Å². The lowest BCUT2D eigenvalue weighted by Crippen LogP contribution is -2.49. The first-order chi connectivity index (χ1) is 12.9. The number of anilines is 1. The van der Waals surface area contributed by atoms with Gasteiger partial charge in [0.25, 0.3) is 0 Å². The molecule has 0 aromatic heterocycles. The maximum absolute atomic E-state index is 12.5. The van der Waals surface area contributed by atoms with Crippen molar-refractivity contribution in [3.05, 3.63) is 24.3 Å². The first-order valence-corrected chi connectivity index (χ1v) is 9.83. The Bertz CT molecular complexity index is 608. The van der Waals surface area contributed by atoms with Crippen LogP contribution in [0, 0.1) is 5.92 Å². The van der Waals surface area contributed by atoms with Crippen molar-refractivity contribution in [2.45, 2.75) is 33.6 Å². The number of benzene rings is 1. The normalized spacial score (nSPS) is 14.4. The Balaban J connectivity index is 1.78. The summed E-state index contributed by atoms with van der Waals surface area (Å²) in [4.78, 5) is 30.3. The van der Waals surface area contributed by atoms with E-state index in [9.17, 15) is 9.59 Å². The molecule has 2 amide bonds. The van der Waals surface area contributed by atoms with E-state index >= 15 is 0 Å². The molecule has 1 aromatic carbocycles. The Hall–Kier alpha value is -2.24. The molecule has 0 N–H and O–H groups in total. The zero-order chi connectivity index (χ0) is 19.8. The van der Waals surface area contributed by atoms with Crippen LogP contribution in [0.1, 0.15) is 33.6 Å². The molecule has 0 spiro atoms. The second-order valence-corrected chi connectivity index (χ2v) is 7.50. The largest absolute Gasteiger partial charge is 0.497 e.